The molecule has 7 heteroatoms. The van der Waals surface area contributed by atoms with Crippen LogP contribution in [0.3, 0.4) is 0 Å². The van der Waals surface area contributed by atoms with Gasteiger partial charge >= 0.3 is 0 Å². The van der Waals surface area contributed by atoms with Gasteiger partial charge in [0, 0.05) is 25.4 Å². The lowest BCUT2D eigenvalue weighted by Crippen LogP contribution is -2.35. The number of rotatable bonds is 6. The third kappa shape index (κ3) is 3.80. The zero-order valence-electron chi connectivity index (χ0n) is 16.2. The topological polar surface area (TPSA) is 75.4 Å². The molecule has 0 spiro atoms. The normalized spacial score (nSPS) is 14.2. The highest BCUT2D eigenvalue weighted by molar-refractivity contribution is 8.00. The molecule has 1 aliphatic heterocycles. The van der Waals surface area contributed by atoms with Gasteiger partial charge in [-0.2, -0.15) is 0 Å². The number of carbonyl (C=O) groups excluding carboxylic acids is 1. The predicted molar refractivity (Wildman–Crippen MR) is 116 cm³/mol. The Labute approximate surface area is 173 Å². The first-order valence-electron chi connectivity index (χ1n) is 9.76. The van der Waals surface area contributed by atoms with Crippen molar-refractivity contribution in [1.29, 1.82) is 0 Å². The molecule has 0 fully saturated rings. The van der Waals surface area contributed by atoms with Gasteiger partial charge in [0.05, 0.1) is 16.2 Å². The Hall–Kier alpha value is -2.64. The Kier molecular flexibility index (Phi) is 5.69. The lowest BCUT2D eigenvalue weighted by Gasteiger charge is -2.22. The van der Waals surface area contributed by atoms with Crippen molar-refractivity contribution in [3.05, 3.63) is 64.4 Å². The van der Waals surface area contributed by atoms with E-state index in [-0.39, 0.29) is 18.1 Å². The molecule has 2 heterocycles. The van der Waals surface area contributed by atoms with E-state index in [9.17, 15) is 14.7 Å². The van der Waals surface area contributed by atoms with Crippen LogP contribution in [0.1, 0.15) is 18.9 Å². The number of aliphatic hydroxyl groups excluding tert-OH is 1. The fourth-order valence-corrected chi connectivity index (χ4v) is 4.66. The summed E-state index contributed by atoms with van der Waals surface area (Å²) in [5.74, 6) is 0.0102. The molecule has 0 radical (unpaired) electrons. The van der Waals surface area contributed by atoms with Crippen LogP contribution < -0.4 is 10.5 Å². The highest BCUT2D eigenvalue weighted by Crippen LogP contribution is 2.31. The average Bonchev–Trinajstić information content (AvgIpc) is 3.17. The van der Waals surface area contributed by atoms with Crippen molar-refractivity contribution in [3.63, 3.8) is 0 Å². The van der Waals surface area contributed by atoms with E-state index in [1.165, 1.54) is 17.3 Å². The van der Waals surface area contributed by atoms with Crippen LogP contribution in [0, 0.1) is 0 Å². The molecule has 0 bridgehead atoms. The van der Waals surface area contributed by atoms with Crippen LogP contribution in [0.25, 0.3) is 10.9 Å². The van der Waals surface area contributed by atoms with E-state index in [4.69, 9.17) is 0 Å². The Balaban J connectivity index is 1.64. The molecular weight excluding hydrogens is 386 g/mol. The fraction of sp³-hybridized carbons (Fsp3) is 0.318. The zero-order valence-corrected chi connectivity index (χ0v) is 17.1. The minimum atomic E-state index is -0.394. The van der Waals surface area contributed by atoms with Gasteiger partial charge in [-0.25, -0.2) is 4.98 Å². The first-order valence-corrected chi connectivity index (χ1v) is 10.6. The van der Waals surface area contributed by atoms with Crippen molar-refractivity contribution in [3.8, 4) is 0 Å². The third-order valence-electron chi connectivity index (χ3n) is 5.15. The third-order valence-corrected chi connectivity index (χ3v) is 6.23. The highest BCUT2D eigenvalue weighted by Gasteiger charge is 2.29. The number of amides is 1. The number of benzene rings is 2. The van der Waals surface area contributed by atoms with Crippen molar-refractivity contribution in [2.75, 3.05) is 18.1 Å². The van der Waals surface area contributed by atoms with Crippen molar-refractivity contribution in [2.24, 2.45) is 0 Å². The monoisotopic (exact) mass is 409 g/mol. The minimum absolute atomic E-state index is 0.0102. The summed E-state index contributed by atoms with van der Waals surface area (Å²) in [7, 11) is 0. The van der Waals surface area contributed by atoms with E-state index in [1.54, 1.807) is 16.7 Å². The predicted octanol–water partition coefficient (Wildman–Crippen LogP) is 2.85. The molecule has 1 atom stereocenters. The highest BCUT2D eigenvalue weighted by atomic mass is 32.2. The molecule has 0 aliphatic carbocycles. The Morgan fingerprint density at radius 2 is 1.97 bits per heavy atom. The molecule has 1 unspecified atom stereocenters. The van der Waals surface area contributed by atoms with E-state index in [0.717, 1.165) is 12.1 Å². The second-order valence-electron chi connectivity index (χ2n) is 7.07. The molecule has 1 amide bonds. The molecule has 6 nitrogen and oxygen atoms in total. The summed E-state index contributed by atoms with van der Waals surface area (Å²) in [6, 6.07) is 15.2. The number of aromatic nitrogens is 2. The van der Waals surface area contributed by atoms with E-state index in [2.05, 4.69) is 11.1 Å². The van der Waals surface area contributed by atoms with Crippen molar-refractivity contribution >= 4 is 34.3 Å². The molecule has 1 aromatic heterocycles. The SMILES string of the molecule is CC(Sc1nc2ccccc2c(=O)n1CCCO)C(=O)N1CCc2ccccc21. The van der Waals surface area contributed by atoms with Gasteiger partial charge in [-0.05, 0) is 43.5 Å². The summed E-state index contributed by atoms with van der Waals surface area (Å²) in [6.07, 6.45) is 1.31. The molecule has 0 saturated heterocycles. The summed E-state index contributed by atoms with van der Waals surface area (Å²) in [4.78, 5) is 32.6. The van der Waals surface area contributed by atoms with Crippen molar-refractivity contribution in [2.45, 2.75) is 36.7 Å². The van der Waals surface area contributed by atoms with Gasteiger partial charge in [-0.3, -0.25) is 14.2 Å². The van der Waals surface area contributed by atoms with Crippen LogP contribution in [0.15, 0.2) is 58.5 Å². The van der Waals surface area contributed by atoms with Crippen LogP contribution in [0.4, 0.5) is 5.69 Å². The maximum absolute atomic E-state index is 13.1. The summed E-state index contributed by atoms with van der Waals surface area (Å²) in [5, 5.41) is 9.89. The molecule has 0 saturated carbocycles. The minimum Gasteiger partial charge on any atom is -0.396 e. The first kappa shape index (κ1) is 19.7. The first-order chi connectivity index (χ1) is 14.1. The van der Waals surface area contributed by atoms with Gasteiger partial charge in [0.25, 0.3) is 5.56 Å². The number of para-hydroxylation sites is 2. The number of aliphatic hydroxyl groups is 1. The quantitative estimate of drug-likeness (QED) is 0.501. The second-order valence-corrected chi connectivity index (χ2v) is 8.38. The molecular formula is C22H23N3O3S. The molecule has 1 aliphatic rings. The summed E-state index contributed by atoms with van der Waals surface area (Å²) < 4.78 is 1.57. The lowest BCUT2D eigenvalue weighted by molar-refractivity contribution is -0.117. The van der Waals surface area contributed by atoms with Crippen LogP contribution >= 0.6 is 11.8 Å². The second kappa shape index (κ2) is 8.39. The van der Waals surface area contributed by atoms with Gasteiger partial charge in [-0.15, -0.1) is 0 Å². The Morgan fingerprint density at radius 1 is 1.21 bits per heavy atom. The zero-order chi connectivity index (χ0) is 20.4. The molecule has 2 aromatic carbocycles. The summed E-state index contributed by atoms with van der Waals surface area (Å²) in [6.45, 7) is 2.88. The van der Waals surface area contributed by atoms with Crippen LogP contribution in [0.2, 0.25) is 0 Å². The van der Waals surface area contributed by atoms with Gasteiger partial charge in [-0.1, -0.05) is 42.1 Å². The largest absolute Gasteiger partial charge is 0.396 e. The summed E-state index contributed by atoms with van der Waals surface area (Å²) >= 11 is 1.30. The molecule has 29 heavy (non-hydrogen) atoms. The average molecular weight is 410 g/mol. The number of carbonyl (C=O) groups is 1. The van der Waals surface area contributed by atoms with Crippen LogP contribution in [-0.2, 0) is 17.8 Å². The van der Waals surface area contributed by atoms with Gasteiger partial charge < -0.3 is 10.0 Å². The van der Waals surface area contributed by atoms with Crippen LogP contribution in [-0.4, -0.2) is 39.0 Å². The van der Waals surface area contributed by atoms with E-state index in [0.29, 0.717) is 35.6 Å². The molecule has 4 rings (SSSR count). The Morgan fingerprint density at radius 3 is 2.79 bits per heavy atom. The van der Waals surface area contributed by atoms with E-state index in [1.807, 2.05) is 42.2 Å². The number of hydrogen-bond donors (Lipinski definition) is 1. The molecule has 1 N–H and O–H groups in total. The van der Waals surface area contributed by atoms with Gasteiger partial charge in [0.15, 0.2) is 5.16 Å². The Bertz CT molecular complexity index is 1110. The number of hydrogen-bond acceptors (Lipinski definition) is 5. The number of thioether (sulfide) groups is 1. The fourth-order valence-electron chi connectivity index (χ4n) is 3.66. The number of nitrogens with zero attached hydrogens (tertiary/aromatic N) is 3. The maximum Gasteiger partial charge on any atom is 0.262 e. The van der Waals surface area contributed by atoms with Gasteiger partial charge in [0.2, 0.25) is 5.91 Å². The lowest BCUT2D eigenvalue weighted by atomic mass is 10.2. The van der Waals surface area contributed by atoms with Gasteiger partial charge in [0.1, 0.15) is 0 Å². The van der Waals surface area contributed by atoms with Crippen LogP contribution in [0.5, 0.6) is 0 Å². The molecule has 3 aromatic rings. The summed E-state index contributed by atoms with van der Waals surface area (Å²) in [5.41, 5.74) is 2.62. The maximum atomic E-state index is 13.1. The van der Waals surface area contributed by atoms with E-state index < -0.39 is 5.25 Å². The van der Waals surface area contributed by atoms with Crippen molar-refractivity contribution in [1.82, 2.24) is 9.55 Å². The standard InChI is InChI=1S/C22H23N3O3S/c1-15(20(27)24-13-11-16-7-2-5-10-19(16)24)29-22-23-18-9-4-3-8-17(18)21(28)25(22)12-6-14-26/h2-5,7-10,15,26H,6,11-14H2,1H3. The molecule has 150 valence electrons. The number of fused-ring (bicyclic) bond motifs is 2. The smallest absolute Gasteiger partial charge is 0.262 e. The van der Waals surface area contributed by atoms with Crippen molar-refractivity contribution < 1.29 is 9.90 Å². The van der Waals surface area contributed by atoms with E-state index >= 15 is 0 Å². The number of anilines is 1.